The van der Waals surface area contributed by atoms with Crippen molar-refractivity contribution >= 4 is 5.91 Å². The van der Waals surface area contributed by atoms with Gasteiger partial charge in [-0.15, -0.1) is 0 Å². The van der Waals surface area contributed by atoms with Crippen LogP contribution in [0.3, 0.4) is 0 Å². The molecule has 0 aliphatic rings. The monoisotopic (exact) mass is 276 g/mol. The molecule has 0 bridgehead atoms. The van der Waals surface area contributed by atoms with Gasteiger partial charge in [-0.25, -0.2) is 0 Å². The minimum absolute atomic E-state index is 0.243. The molecule has 106 valence electrons. The van der Waals surface area contributed by atoms with Gasteiger partial charge in [0.15, 0.2) is 11.5 Å². The Kier molecular flexibility index (Phi) is 4.73. The van der Waals surface area contributed by atoms with E-state index in [9.17, 15) is 4.79 Å². The Morgan fingerprint density at radius 1 is 1.30 bits per heavy atom. The average Bonchev–Trinajstić information content (AvgIpc) is 2.97. The highest BCUT2D eigenvalue weighted by Crippen LogP contribution is 2.22. The number of aromatic nitrogens is 1. The van der Waals surface area contributed by atoms with Crippen molar-refractivity contribution < 1.29 is 18.8 Å². The maximum absolute atomic E-state index is 11.8. The molecule has 6 heteroatoms. The van der Waals surface area contributed by atoms with Gasteiger partial charge in [-0.3, -0.25) is 4.79 Å². The predicted molar refractivity (Wildman–Crippen MR) is 72.7 cm³/mol. The van der Waals surface area contributed by atoms with E-state index in [0.29, 0.717) is 18.9 Å². The van der Waals surface area contributed by atoms with Crippen LogP contribution in [0.1, 0.15) is 10.5 Å². The maximum Gasteiger partial charge on any atom is 0.273 e. The van der Waals surface area contributed by atoms with Crippen LogP contribution in [0, 0.1) is 0 Å². The van der Waals surface area contributed by atoms with E-state index >= 15 is 0 Å². The third-order valence-electron chi connectivity index (χ3n) is 2.71. The zero-order valence-corrected chi connectivity index (χ0v) is 11.4. The number of methoxy groups -OCH3 is 2. The lowest BCUT2D eigenvalue weighted by Gasteiger charge is -2.00. The van der Waals surface area contributed by atoms with Crippen molar-refractivity contribution in [3.05, 3.63) is 36.0 Å². The minimum atomic E-state index is -0.287. The molecule has 0 aliphatic heterocycles. The molecule has 1 aromatic heterocycles. The standard InChI is InChI=1S/C14H16N2O4/c1-18-8-7-15-14(17)12-9-13(20-16-12)10-3-5-11(19-2)6-4-10/h3-6,9H,7-8H2,1-2H3,(H,15,17). The van der Waals surface area contributed by atoms with E-state index in [1.807, 2.05) is 24.3 Å². The molecular weight excluding hydrogens is 260 g/mol. The van der Waals surface area contributed by atoms with Gasteiger partial charge in [0, 0.05) is 25.3 Å². The molecular formula is C14H16N2O4. The summed E-state index contributed by atoms with van der Waals surface area (Å²) < 4.78 is 15.1. The lowest BCUT2D eigenvalue weighted by Crippen LogP contribution is -2.27. The van der Waals surface area contributed by atoms with Crippen molar-refractivity contribution in [2.45, 2.75) is 0 Å². The minimum Gasteiger partial charge on any atom is -0.497 e. The van der Waals surface area contributed by atoms with E-state index in [0.717, 1.165) is 11.3 Å². The Morgan fingerprint density at radius 3 is 2.70 bits per heavy atom. The SMILES string of the molecule is COCCNC(=O)c1cc(-c2ccc(OC)cc2)on1. The van der Waals surface area contributed by atoms with E-state index in [2.05, 4.69) is 10.5 Å². The second-order valence-electron chi connectivity index (χ2n) is 4.05. The van der Waals surface area contributed by atoms with Gasteiger partial charge < -0.3 is 19.3 Å². The Bertz CT molecular complexity index is 563. The summed E-state index contributed by atoms with van der Waals surface area (Å²) in [5.74, 6) is 1.00. The molecule has 0 saturated heterocycles. The zero-order valence-electron chi connectivity index (χ0n) is 11.4. The molecule has 0 unspecified atom stereocenters. The summed E-state index contributed by atoms with van der Waals surface area (Å²) in [5.41, 5.74) is 1.07. The summed E-state index contributed by atoms with van der Waals surface area (Å²) in [6.45, 7) is 0.884. The number of nitrogens with one attached hydrogen (secondary N) is 1. The summed E-state index contributed by atoms with van der Waals surface area (Å²) >= 11 is 0. The predicted octanol–water partition coefficient (Wildman–Crippen LogP) is 1.73. The van der Waals surface area contributed by atoms with Gasteiger partial charge in [0.1, 0.15) is 5.75 Å². The molecule has 0 radical (unpaired) electrons. The van der Waals surface area contributed by atoms with E-state index in [1.54, 1.807) is 20.3 Å². The quantitative estimate of drug-likeness (QED) is 0.813. The molecule has 0 atom stereocenters. The summed E-state index contributed by atoms with van der Waals surface area (Å²) in [4.78, 5) is 11.8. The summed E-state index contributed by atoms with van der Waals surface area (Å²) in [6.07, 6.45) is 0. The Morgan fingerprint density at radius 2 is 2.05 bits per heavy atom. The van der Waals surface area contributed by atoms with Crippen LogP contribution in [-0.2, 0) is 4.74 Å². The molecule has 6 nitrogen and oxygen atoms in total. The fourth-order valence-corrected chi connectivity index (χ4v) is 1.63. The molecule has 1 aromatic carbocycles. The summed E-state index contributed by atoms with van der Waals surface area (Å²) in [7, 11) is 3.18. The van der Waals surface area contributed by atoms with E-state index in [1.165, 1.54) is 0 Å². The van der Waals surface area contributed by atoms with Crippen LogP contribution in [0.2, 0.25) is 0 Å². The number of nitrogens with zero attached hydrogens (tertiary/aromatic N) is 1. The molecule has 1 amide bonds. The van der Waals surface area contributed by atoms with Gasteiger partial charge in [-0.1, -0.05) is 5.16 Å². The van der Waals surface area contributed by atoms with Crippen LogP contribution in [0.5, 0.6) is 5.75 Å². The topological polar surface area (TPSA) is 73.6 Å². The van der Waals surface area contributed by atoms with E-state index in [4.69, 9.17) is 14.0 Å². The largest absolute Gasteiger partial charge is 0.497 e. The number of hydrogen-bond donors (Lipinski definition) is 1. The Hall–Kier alpha value is -2.34. The third-order valence-corrected chi connectivity index (χ3v) is 2.71. The molecule has 0 saturated carbocycles. The number of benzene rings is 1. The van der Waals surface area contributed by atoms with Crippen LogP contribution in [0.15, 0.2) is 34.9 Å². The Balaban J connectivity index is 2.05. The fraction of sp³-hybridized carbons (Fsp3) is 0.286. The van der Waals surface area contributed by atoms with Gasteiger partial charge in [0.2, 0.25) is 0 Å². The second-order valence-corrected chi connectivity index (χ2v) is 4.05. The number of carbonyl (C=O) groups is 1. The molecule has 2 aromatic rings. The van der Waals surface area contributed by atoms with Crippen LogP contribution in [0.4, 0.5) is 0 Å². The normalized spacial score (nSPS) is 10.3. The van der Waals surface area contributed by atoms with E-state index < -0.39 is 0 Å². The highest BCUT2D eigenvalue weighted by atomic mass is 16.5. The first kappa shape index (κ1) is 14.1. The van der Waals surface area contributed by atoms with Crippen molar-refractivity contribution in [1.29, 1.82) is 0 Å². The number of carbonyl (C=O) groups excluding carboxylic acids is 1. The molecule has 1 heterocycles. The fourth-order valence-electron chi connectivity index (χ4n) is 1.63. The first-order chi connectivity index (χ1) is 9.74. The van der Waals surface area contributed by atoms with Crippen molar-refractivity contribution in [3.63, 3.8) is 0 Å². The van der Waals surface area contributed by atoms with Crippen LogP contribution in [-0.4, -0.2) is 38.4 Å². The smallest absolute Gasteiger partial charge is 0.273 e. The lowest BCUT2D eigenvalue weighted by atomic mass is 10.1. The number of rotatable bonds is 6. The first-order valence-corrected chi connectivity index (χ1v) is 6.13. The van der Waals surface area contributed by atoms with Crippen LogP contribution < -0.4 is 10.1 Å². The summed E-state index contributed by atoms with van der Waals surface area (Å²) in [5, 5.41) is 6.43. The van der Waals surface area contributed by atoms with Crippen molar-refractivity contribution in [3.8, 4) is 17.1 Å². The van der Waals surface area contributed by atoms with Crippen molar-refractivity contribution in [2.24, 2.45) is 0 Å². The number of hydrogen-bond acceptors (Lipinski definition) is 5. The van der Waals surface area contributed by atoms with E-state index in [-0.39, 0.29) is 11.6 Å². The number of amides is 1. The van der Waals surface area contributed by atoms with Crippen LogP contribution in [0.25, 0.3) is 11.3 Å². The van der Waals surface area contributed by atoms with Gasteiger partial charge >= 0.3 is 0 Å². The summed E-state index contributed by atoms with van der Waals surface area (Å²) in [6, 6.07) is 8.91. The molecule has 2 rings (SSSR count). The highest BCUT2D eigenvalue weighted by molar-refractivity contribution is 5.93. The molecule has 0 fully saturated rings. The molecule has 0 spiro atoms. The second kappa shape index (κ2) is 6.72. The zero-order chi connectivity index (χ0) is 14.4. The molecule has 20 heavy (non-hydrogen) atoms. The van der Waals surface area contributed by atoms with Gasteiger partial charge in [0.05, 0.1) is 13.7 Å². The molecule has 1 N–H and O–H groups in total. The van der Waals surface area contributed by atoms with Gasteiger partial charge in [-0.2, -0.15) is 0 Å². The molecule has 0 aliphatic carbocycles. The average molecular weight is 276 g/mol. The third kappa shape index (κ3) is 3.36. The van der Waals surface area contributed by atoms with Gasteiger partial charge in [0.25, 0.3) is 5.91 Å². The van der Waals surface area contributed by atoms with Crippen LogP contribution >= 0.6 is 0 Å². The van der Waals surface area contributed by atoms with Crippen molar-refractivity contribution in [1.82, 2.24) is 10.5 Å². The number of ether oxygens (including phenoxy) is 2. The highest BCUT2D eigenvalue weighted by Gasteiger charge is 2.13. The van der Waals surface area contributed by atoms with Crippen molar-refractivity contribution in [2.75, 3.05) is 27.4 Å². The lowest BCUT2D eigenvalue weighted by molar-refractivity contribution is 0.0928. The van der Waals surface area contributed by atoms with Gasteiger partial charge in [-0.05, 0) is 24.3 Å². The Labute approximate surface area is 116 Å². The first-order valence-electron chi connectivity index (χ1n) is 6.13. The maximum atomic E-state index is 11.8.